The van der Waals surface area contributed by atoms with Crippen molar-refractivity contribution in [2.24, 2.45) is 17.8 Å². The Bertz CT molecular complexity index is 143. The Morgan fingerprint density at radius 3 is 2.31 bits per heavy atom. The van der Waals surface area contributed by atoms with Gasteiger partial charge in [-0.1, -0.05) is 32.1 Å². The zero-order valence-corrected chi connectivity index (χ0v) is 8.89. The molecule has 1 N–H and O–H groups in total. The Morgan fingerprint density at radius 2 is 1.69 bits per heavy atom. The molecule has 0 aromatic rings. The summed E-state index contributed by atoms with van der Waals surface area (Å²) in [4.78, 5) is 0. The Balaban J connectivity index is 1.66. The molecule has 0 atom stereocenters. The minimum Gasteiger partial charge on any atom is -0.319 e. The predicted octanol–water partition coefficient (Wildman–Crippen LogP) is 2.81. The summed E-state index contributed by atoms with van der Waals surface area (Å²) in [5.41, 5.74) is 0. The first-order valence-electron chi connectivity index (χ1n) is 6.04. The van der Waals surface area contributed by atoms with Crippen LogP contribution in [0.4, 0.5) is 0 Å². The van der Waals surface area contributed by atoms with Crippen LogP contribution in [0.3, 0.4) is 0 Å². The van der Waals surface area contributed by atoms with Crippen LogP contribution in [0.15, 0.2) is 0 Å². The van der Waals surface area contributed by atoms with Crippen LogP contribution in [0.1, 0.15) is 44.9 Å². The van der Waals surface area contributed by atoms with Crippen LogP contribution < -0.4 is 5.32 Å². The summed E-state index contributed by atoms with van der Waals surface area (Å²) in [5.74, 6) is 3.23. The van der Waals surface area contributed by atoms with Crippen LogP contribution in [0.5, 0.6) is 0 Å². The summed E-state index contributed by atoms with van der Waals surface area (Å²) in [6.45, 7) is 1.25. The Hall–Kier alpha value is -0.0400. The Kier molecular flexibility index (Phi) is 3.26. The van der Waals surface area contributed by atoms with Gasteiger partial charge in [-0.05, 0) is 44.2 Å². The highest BCUT2D eigenvalue weighted by Gasteiger charge is 2.34. The highest BCUT2D eigenvalue weighted by molar-refractivity contribution is 4.86. The molecule has 0 aromatic heterocycles. The molecule has 2 rings (SSSR count). The van der Waals surface area contributed by atoms with Crippen molar-refractivity contribution in [3.05, 3.63) is 0 Å². The molecule has 13 heavy (non-hydrogen) atoms. The van der Waals surface area contributed by atoms with E-state index in [1.54, 1.807) is 0 Å². The fourth-order valence-corrected chi connectivity index (χ4v) is 3.23. The Morgan fingerprint density at radius 1 is 1.00 bits per heavy atom. The van der Waals surface area contributed by atoms with E-state index in [4.69, 9.17) is 0 Å². The first-order chi connectivity index (χ1) is 6.40. The second-order valence-corrected chi connectivity index (χ2v) is 5.05. The summed E-state index contributed by atoms with van der Waals surface area (Å²) < 4.78 is 0. The smallest absolute Gasteiger partial charge is 0.00233 e. The van der Waals surface area contributed by atoms with Crippen molar-refractivity contribution >= 4 is 0 Å². The summed E-state index contributed by atoms with van der Waals surface area (Å²) in [7, 11) is 2.08. The lowest BCUT2D eigenvalue weighted by Gasteiger charge is -2.42. The molecule has 2 saturated carbocycles. The summed E-state index contributed by atoms with van der Waals surface area (Å²) >= 11 is 0. The van der Waals surface area contributed by atoms with Crippen molar-refractivity contribution in [2.75, 3.05) is 13.6 Å². The highest BCUT2D eigenvalue weighted by Crippen LogP contribution is 2.44. The molecule has 76 valence electrons. The van der Waals surface area contributed by atoms with Gasteiger partial charge in [0.25, 0.3) is 0 Å². The third-order valence-electron chi connectivity index (χ3n) is 4.08. The van der Waals surface area contributed by atoms with E-state index in [-0.39, 0.29) is 0 Å². The molecule has 0 unspecified atom stereocenters. The third-order valence-corrected chi connectivity index (χ3v) is 4.08. The molecule has 2 aliphatic carbocycles. The van der Waals surface area contributed by atoms with Gasteiger partial charge in [0.05, 0.1) is 0 Å². The molecule has 0 radical (unpaired) electrons. The van der Waals surface area contributed by atoms with Crippen molar-refractivity contribution in [3.8, 4) is 0 Å². The van der Waals surface area contributed by atoms with Crippen molar-refractivity contribution in [1.82, 2.24) is 5.32 Å². The maximum atomic E-state index is 3.29. The lowest BCUT2D eigenvalue weighted by atomic mass is 9.65. The quantitative estimate of drug-likeness (QED) is 0.706. The second kappa shape index (κ2) is 4.45. The zero-order chi connectivity index (χ0) is 9.10. The number of hydrogen-bond acceptors (Lipinski definition) is 1. The average Bonchev–Trinajstić information content (AvgIpc) is 2.12. The third kappa shape index (κ3) is 2.25. The predicted molar refractivity (Wildman–Crippen MR) is 56.7 cm³/mol. The van der Waals surface area contributed by atoms with Crippen LogP contribution in [0, 0.1) is 17.8 Å². The maximum absolute atomic E-state index is 3.29. The van der Waals surface area contributed by atoms with Gasteiger partial charge in [-0.2, -0.15) is 0 Å². The molecule has 0 heterocycles. The molecule has 0 aromatic carbocycles. The number of nitrogens with one attached hydrogen (secondary N) is 1. The van der Waals surface area contributed by atoms with E-state index < -0.39 is 0 Å². The summed E-state index contributed by atoms with van der Waals surface area (Å²) in [6.07, 6.45) is 10.6. The maximum Gasteiger partial charge on any atom is -0.00233 e. The van der Waals surface area contributed by atoms with Gasteiger partial charge in [0.2, 0.25) is 0 Å². The first-order valence-corrected chi connectivity index (χ1v) is 6.04. The van der Waals surface area contributed by atoms with Crippen LogP contribution in [0.2, 0.25) is 0 Å². The largest absolute Gasteiger partial charge is 0.319 e. The molecular weight excluding hydrogens is 158 g/mol. The molecule has 0 spiro atoms. The topological polar surface area (TPSA) is 12.0 Å². The molecule has 2 fully saturated rings. The van der Waals surface area contributed by atoms with Crippen LogP contribution in [0.25, 0.3) is 0 Å². The van der Waals surface area contributed by atoms with Crippen LogP contribution in [-0.2, 0) is 0 Å². The van der Waals surface area contributed by atoms with E-state index in [0.717, 1.165) is 17.8 Å². The van der Waals surface area contributed by atoms with E-state index >= 15 is 0 Å². The SMILES string of the molecule is CNCC1CC(C2CCCCC2)C1. The first kappa shape index (κ1) is 9.51. The molecule has 0 saturated heterocycles. The van der Waals surface area contributed by atoms with E-state index in [1.807, 2.05) is 0 Å². The van der Waals surface area contributed by atoms with Gasteiger partial charge in [0.1, 0.15) is 0 Å². The van der Waals surface area contributed by atoms with E-state index in [2.05, 4.69) is 12.4 Å². The lowest BCUT2D eigenvalue weighted by molar-refractivity contribution is 0.0982. The van der Waals surface area contributed by atoms with Gasteiger partial charge >= 0.3 is 0 Å². The lowest BCUT2D eigenvalue weighted by Crippen LogP contribution is -2.36. The summed E-state index contributed by atoms with van der Waals surface area (Å²) in [6, 6.07) is 0. The van der Waals surface area contributed by atoms with E-state index in [1.165, 1.54) is 51.5 Å². The van der Waals surface area contributed by atoms with Gasteiger partial charge in [0, 0.05) is 0 Å². The average molecular weight is 181 g/mol. The highest BCUT2D eigenvalue weighted by atomic mass is 14.8. The van der Waals surface area contributed by atoms with Gasteiger partial charge in [0.15, 0.2) is 0 Å². The fourth-order valence-electron chi connectivity index (χ4n) is 3.23. The Labute approximate surface area is 82.3 Å². The molecule has 0 aliphatic heterocycles. The van der Waals surface area contributed by atoms with Crippen molar-refractivity contribution in [3.63, 3.8) is 0 Å². The van der Waals surface area contributed by atoms with Gasteiger partial charge in [-0.15, -0.1) is 0 Å². The second-order valence-electron chi connectivity index (χ2n) is 5.05. The monoisotopic (exact) mass is 181 g/mol. The minimum atomic E-state index is 1.01. The van der Waals surface area contributed by atoms with Gasteiger partial charge in [-0.3, -0.25) is 0 Å². The molecule has 2 aliphatic rings. The summed E-state index contributed by atoms with van der Waals surface area (Å²) in [5, 5.41) is 3.29. The standard InChI is InChI=1S/C12H23N/c1-13-9-10-7-12(8-10)11-5-3-2-4-6-11/h10-13H,2-9H2,1H3. The van der Waals surface area contributed by atoms with E-state index in [0.29, 0.717) is 0 Å². The number of hydrogen-bond donors (Lipinski definition) is 1. The van der Waals surface area contributed by atoms with Crippen LogP contribution in [-0.4, -0.2) is 13.6 Å². The van der Waals surface area contributed by atoms with Gasteiger partial charge < -0.3 is 5.32 Å². The van der Waals surface area contributed by atoms with Crippen molar-refractivity contribution < 1.29 is 0 Å². The van der Waals surface area contributed by atoms with E-state index in [9.17, 15) is 0 Å². The normalized spacial score (nSPS) is 35.8. The molecular formula is C12H23N. The molecule has 1 nitrogen and oxygen atoms in total. The molecule has 1 heteroatoms. The minimum absolute atomic E-state index is 1.01. The number of rotatable bonds is 3. The molecule has 0 bridgehead atoms. The molecule has 0 amide bonds. The van der Waals surface area contributed by atoms with Crippen molar-refractivity contribution in [1.29, 1.82) is 0 Å². The van der Waals surface area contributed by atoms with Gasteiger partial charge in [-0.25, -0.2) is 0 Å². The zero-order valence-electron chi connectivity index (χ0n) is 8.89. The fraction of sp³-hybridized carbons (Fsp3) is 1.00. The van der Waals surface area contributed by atoms with Crippen molar-refractivity contribution in [2.45, 2.75) is 44.9 Å². The van der Waals surface area contributed by atoms with Crippen LogP contribution >= 0.6 is 0 Å².